The molecule has 24 heavy (non-hydrogen) atoms. The van der Waals surface area contributed by atoms with Gasteiger partial charge in [0.05, 0.1) is 4.88 Å². The first-order chi connectivity index (χ1) is 11.5. The maximum absolute atomic E-state index is 12.5. The number of thiophene rings is 1. The van der Waals surface area contributed by atoms with Crippen LogP contribution < -0.4 is 5.32 Å². The maximum Gasteiger partial charge on any atom is 0.261 e. The van der Waals surface area contributed by atoms with Crippen molar-refractivity contribution in [2.45, 2.75) is 39.2 Å². The van der Waals surface area contributed by atoms with Crippen LogP contribution in [-0.4, -0.2) is 36.3 Å². The summed E-state index contributed by atoms with van der Waals surface area (Å²) >= 11 is 1.54. The molecule has 1 fully saturated rings. The van der Waals surface area contributed by atoms with Gasteiger partial charge in [-0.1, -0.05) is 32.0 Å². The van der Waals surface area contributed by atoms with Crippen molar-refractivity contribution in [1.82, 2.24) is 10.2 Å². The summed E-state index contributed by atoms with van der Waals surface area (Å²) in [7, 11) is 1.67. The highest BCUT2D eigenvalue weighted by atomic mass is 32.1. The van der Waals surface area contributed by atoms with Crippen LogP contribution in [0.25, 0.3) is 10.1 Å². The third kappa shape index (κ3) is 3.05. The van der Waals surface area contributed by atoms with Gasteiger partial charge < -0.3 is 10.2 Å². The van der Waals surface area contributed by atoms with Crippen LogP contribution in [0.4, 0.5) is 0 Å². The van der Waals surface area contributed by atoms with E-state index in [-0.39, 0.29) is 23.8 Å². The summed E-state index contributed by atoms with van der Waals surface area (Å²) in [5.41, 5.74) is 1.09. The molecule has 4 nitrogen and oxygen atoms in total. The van der Waals surface area contributed by atoms with Crippen molar-refractivity contribution in [2.75, 3.05) is 13.6 Å². The molecule has 1 aromatic carbocycles. The van der Waals surface area contributed by atoms with E-state index in [2.05, 4.69) is 17.4 Å². The first kappa shape index (κ1) is 17.0. The number of hydrogen-bond acceptors (Lipinski definition) is 3. The van der Waals surface area contributed by atoms with E-state index < -0.39 is 0 Å². The Morgan fingerprint density at radius 1 is 1.33 bits per heavy atom. The molecule has 2 heterocycles. The number of nitrogens with zero attached hydrogens (tertiary/aromatic N) is 1. The zero-order valence-electron chi connectivity index (χ0n) is 14.5. The molecule has 0 saturated carbocycles. The van der Waals surface area contributed by atoms with E-state index in [0.717, 1.165) is 46.3 Å². The number of fused-ring (bicyclic) bond motifs is 1. The smallest absolute Gasteiger partial charge is 0.261 e. The molecule has 1 aliphatic rings. The predicted molar refractivity (Wildman–Crippen MR) is 98.5 cm³/mol. The molecule has 1 N–H and O–H groups in total. The lowest BCUT2D eigenvalue weighted by Crippen LogP contribution is -2.39. The van der Waals surface area contributed by atoms with Crippen LogP contribution in [0.2, 0.25) is 0 Å². The van der Waals surface area contributed by atoms with Gasteiger partial charge >= 0.3 is 0 Å². The number of hydrogen-bond donors (Lipinski definition) is 1. The Hall–Kier alpha value is -1.88. The molecular formula is C19H24N2O2S. The van der Waals surface area contributed by atoms with E-state index in [1.807, 2.05) is 30.9 Å². The van der Waals surface area contributed by atoms with E-state index in [1.54, 1.807) is 18.4 Å². The van der Waals surface area contributed by atoms with Gasteiger partial charge in [0, 0.05) is 30.3 Å². The number of benzene rings is 1. The summed E-state index contributed by atoms with van der Waals surface area (Å²) in [5, 5.41) is 3.89. The summed E-state index contributed by atoms with van der Waals surface area (Å²) in [5.74, 6) is 0.202. The number of amides is 2. The number of nitrogens with one attached hydrogen (secondary N) is 1. The van der Waals surface area contributed by atoms with Gasteiger partial charge in [0.1, 0.15) is 0 Å². The van der Waals surface area contributed by atoms with Crippen molar-refractivity contribution in [3.63, 3.8) is 0 Å². The molecule has 0 radical (unpaired) electrons. The molecule has 0 bridgehead atoms. The van der Waals surface area contributed by atoms with E-state index in [4.69, 9.17) is 0 Å². The summed E-state index contributed by atoms with van der Waals surface area (Å²) in [6.07, 6.45) is 2.81. The minimum absolute atomic E-state index is 0.0169. The van der Waals surface area contributed by atoms with E-state index in [9.17, 15) is 9.59 Å². The Labute approximate surface area is 146 Å². The van der Waals surface area contributed by atoms with Gasteiger partial charge in [-0.05, 0) is 36.3 Å². The molecule has 1 saturated heterocycles. The van der Waals surface area contributed by atoms with Crippen molar-refractivity contribution in [3.8, 4) is 0 Å². The topological polar surface area (TPSA) is 49.4 Å². The summed E-state index contributed by atoms with van der Waals surface area (Å²) in [4.78, 5) is 27.6. The van der Waals surface area contributed by atoms with Crippen LogP contribution in [-0.2, 0) is 11.2 Å². The lowest BCUT2D eigenvalue weighted by molar-refractivity contribution is -0.135. The van der Waals surface area contributed by atoms with Crippen molar-refractivity contribution < 1.29 is 9.59 Å². The van der Waals surface area contributed by atoms with Crippen molar-refractivity contribution in [2.24, 2.45) is 5.92 Å². The van der Waals surface area contributed by atoms with Gasteiger partial charge in [0.2, 0.25) is 5.91 Å². The zero-order valence-corrected chi connectivity index (χ0v) is 15.3. The van der Waals surface area contributed by atoms with Gasteiger partial charge in [-0.15, -0.1) is 11.3 Å². The minimum Gasteiger partial charge on any atom is -0.354 e. The Kier molecular flexibility index (Phi) is 4.90. The molecule has 0 aliphatic carbocycles. The van der Waals surface area contributed by atoms with Crippen LogP contribution in [0.3, 0.4) is 0 Å². The van der Waals surface area contributed by atoms with Crippen LogP contribution in [0.15, 0.2) is 24.3 Å². The minimum atomic E-state index is -0.0362. The first-order valence-corrected chi connectivity index (χ1v) is 9.37. The van der Waals surface area contributed by atoms with Crippen molar-refractivity contribution in [1.29, 1.82) is 0 Å². The highest BCUT2D eigenvalue weighted by Crippen LogP contribution is 2.34. The molecule has 0 unspecified atom stereocenters. The second-order valence-corrected chi connectivity index (χ2v) is 7.72. The molecule has 3 rings (SSSR count). The summed E-state index contributed by atoms with van der Waals surface area (Å²) < 4.78 is 1.13. The Morgan fingerprint density at radius 3 is 2.79 bits per heavy atom. The van der Waals surface area contributed by atoms with Crippen molar-refractivity contribution in [3.05, 3.63) is 34.7 Å². The Balaban J connectivity index is 1.97. The lowest BCUT2D eigenvalue weighted by atomic mass is 9.99. The van der Waals surface area contributed by atoms with Gasteiger partial charge in [-0.3, -0.25) is 9.59 Å². The van der Waals surface area contributed by atoms with Crippen LogP contribution in [0, 0.1) is 5.92 Å². The zero-order chi connectivity index (χ0) is 17.3. The molecule has 1 aromatic heterocycles. The molecule has 2 amide bonds. The fourth-order valence-electron chi connectivity index (χ4n) is 3.50. The average molecular weight is 344 g/mol. The van der Waals surface area contributed by atoms with Crippen molar-refractivity contribution >= 4 is 33.2 Å². The average Bonchev–Trinajstić information content (AvgIpc) is 3.19. The van der Waals surface area contributed by atoms with E-state index >= 15 is 0 Å². The molecule has 1 aliphatic heterocycles. The molecule has 1 atom stereocenters. The summed E-state index contributed by atoms with van der Waals surface area (Å²) in [6, 6.07) is 8.35. The standard InChI is InChI=1S/C19H24N2O2S/c1-12(2)19(23)21-10-6-7-13(21)11-15-14-8-4-5-9-16(14)24-17(15)18(22)20-3/h4-5,8-9,12-13H,6-7,10-11H2,1-3H3,(H,20,22)/t13-/m1/s1. The van der Waals surface area contributed by atoms with Gasteiger partial charge in [-0.2, -0.15) is 0 Å². The highest BCUT2D eigenvalue weighted by molar-refractivity contribution is 7.21. The number of likely N-dealkylation sites (tertiary alicyclic amines) is 1. The second kappa shape index (κ2) is 6.93. The Bertz CT molecular complexity index is 766. The third-order valence-corrected chi connectivity index (χ3v) is 5.94. The normalized spacial score (nSPS) is 17.7. The number of rotatable bonds is 4. The molecule has 128 valence electrons. The first-order valence-electron chi connectivity index (χ1n) is 8.56. The lowest BCUT2D eigenvalue weighted by Gasteiger charge is -2.26. The fourth-order valence-corrected chi connectivity index (χ4v) is 4.68. The Morgan fingerprint density at radius 2 is 2.08 bits per heavy atom. The fraction of sp³-hybridized carbons (Fsp3) is 0.474. The van der Waals surface area contributed by atoms with Gasteiger partial charge in [-0.25, -0.2) is 0 Å². The van der Waals surface area contributed by atoms with Gasteiger partial charge in [0.25, 0.3) is 5.91 Å². The number of carbonyl (C=O) groups is 2. The van der Waals surface area contributed by atoms with Gasteiger partial charge in [0.15, 0.2) is 0 Å². The SMILES string of the molecule is CNC(=O)c1sc2ccccc2c1C[C@H]1CCCN1C(=O)C(C)C. The van der Waals surface area contributed by atoms with E-state index in [1.165, 1.54) is 0 Å². The highest BCUT2D eigenvalue weighted by Gasteiger charge is 2.32. The molecule has 5 heteroatoms. The monoisotopic (exact) mass is 344 g/mol. The predicted octanol–water partition coefficient (Wildman–Crippen LogP) is 3.45. The largest absolute Gasteiger partial charge is 0.354 e. The van der Waals surface area contributed by atoms with Crippen LogP contribution in [0.5, 0.6) is 0 Å². The maximum atomic E-state index is 12.5. The van der Waals surface area contributed by atoms with Crippen LogP contribution >= 0.6 is 11.3 Å². The second-order valence-electron chi connectivity index (χ2n) is 6.67. The number of carbonyl (C=O) groups excluding carboxylic acids is 2. The quantitative estimate of drug-likeness (QED) is 0.923. The molecule has 0 spiro atoms. The third-order valence-electron chi connectivity index (χ3n) is 4.73. The summed E-state index contributed by atoms with van der Waals surface area (Å²) in [6.45, 7) is 4.74. The van der Waals surface area contributed by atoms with Crippen LogP contribution in [0.1, 0.15) is 41.9 Å². The molecule has 2 aromatic rings. The van der Waals surface area contributed by atoms with E-state index in [0.29, 0.717) is 0 Å². The molecular weight excluding hydrogens is 320 g/mol.